The van der Waals surface area contributed by atoms with Crippen molar-refractivity contribution in [3.63, 3.8) is 0 Å². The van der Waals surface area contributed by atoms with Gasteiger partial charge in [0, 0.05) is 30.1 Å². The Morgan fingerprint density at radius 2 is 2.00 bits per heavy atom. The van der Waals surface area contributed by atoms with Gasteiger partial charge in [0.1, 0.15) is 5.82 Å². The van der Waals surface area contributed by atoms with Crippen molar-refractivity contribution in [2.24, 2.45) is 7.05 Å². The highest BCUT2D eigenvalue weighted by atomic mass is 15.3. The smallest absolute Gasteiger partial charge is 0.123 e. The van der Waals surface area contributed by atoms with Gasteiger partial charge in [-0.15, -0.1) is 0 Å². The maximum Gasteiger partial charge on any atom is 0.123 e. The van der Waals surface area contributed by atoms with Crippen LogP contribution in [0.25, 0.3) is 11.1 Å². The lowest BCUT2D eigenvalue weighted by Crippen LogP contribution is -1.97. The average Bonchev–Trinajstić information content (AvgIpc) is 2.66. The largest absolute Gasteiger partial charge is 0.384 e. The second-order valence-corrected chi connectivity index (χ2v) is 4.07. The van der Waals surface area contributed by atoms with Crippen molar-refractivity contribution in [1.82, 2.24) is 14.8 Å². The van der Waals surface area contributed by atoms with Crippen LogP contribution in [0.3, 0.4) is 0 Å². The van der Waals surface area contributed by atoms with Crippen LogP contribution in [-0.2, 0) is 19.9 Å². The fourth-order valence-corrected chi connectivity index (χ4v) is 2.16. The SMILES string of the molecule is CCc1nn(C)c(CC)c1-c1ccc(N)nc1. The Morgan fingerprint density at radius 3 is 2.53 bits per heavy atom. The molecule has 90 valence electrons. The van der Waals surface area contributed by atoms with E-state index in [4.69, 9.17) is 5.73 Å². The fourth-order valence-electron chi connectivity index (χ4n) is 2.16. The number of aromatic nitrogens is 3. The van der Waals surface area contributed by atoms with E-state index in [0.29, 0.717) is 5.82 Å². The van der Waals surface area contributed by atoms with Gasteiger partial charge in [-0.1, -0.05) is 13.8 Å². The zero-order valence-corrected chi connectivity index (χ0v) is 10.6. The zero-order valence-electron chi connectivity index (χ0n) is 10.6. The lowest BCUT2D eigenvalue weighted by Gasteiger charge is -2.05. The zero-order chi connectivity index (χ0) is 12.4. The number of rotatable bonds is 3. The summed E-state index contributed by atoms with van der Waals surface area (Å²) in [5.74, 6) is 0.550. The quantitative estimate of drug-likeness (QED) is 0.879. The van der Waals surface area contributed by atoms with Crippen molar-refractivity contribution in [2.75, 3.05) is 5.73 Å². The van der Waals surface area contributed by atoms with E-state index in [-0.39, 0.29) is 0 Å². The van der Waals surface area contributed by atoms with E-state index in [9.17, 15) is 0 Å². The van der Waals surface area contributed by atoms with Crippen LogP contribution in [0.1, 0.15) is 25.2 Å². The minimum Gasteiger partial charge on any atom is -0.384 e. The van der Waals surface area contributed by atoms with Gasteiger partial charge in [0.2, 0.25) is 0 Å². The summed E-state index contributed by atoms with van der Waals surface area (Å²) in [7, 11) is 1.99. The first-order chi connectivity index (χ1) is 8.17. The van der Waals surface area contributed by atoms with Gasteiger partial charge < -0.3 is 5.73 Å². The molecule has 0 amide bonds. The van der Waals surface area contributed by atoms with E-state index in [1.54, 1.807) is 0 Å². The van der Waals surface area contributed by atoms with Gasteiger partial charge >= 0.3 is 0 Å². The van der Waals surface area contributed by atoms with Crippen LogP contribution < -0.4 is 5.73 Å². The molecule has 0 atom stereocenters. The van der Waals surface area contributed by atoms with Gasteiger partial charge in [0.25, 0.3) is 0 Å². The summed E-state index contributed by atoms with van der Waals surface area (Å²) in [6, 6.07) is 3.85. The molecule has 0 spiro atoms. The van der Waals surface area contributed by atoms with Crippen LogP contribution in [0.15, 0.2) is 18.3 Å². The molecular weight excluding hydrogens is 212 g/mol. The summed E-state index contributed by atoms with van der Waals surface area (Å²) in [6.45, 7) is 4.26. The van der Waals surface area contributed by atoms with Crippen LogP contribution in [0.5, 0.6) is 0 Å². The van der Waals surface area contributed by atoms with Gasteiger partial charge in [-0.3, -0.25) is 4.68 Å². The van der Waals surface area contributed by atoms with Crippen LogP contribution in [-0.4, -0.2) is 14.8 Å². The molecular formula is C13H18N4. The molecule has 0 unspecified atom stereocenters. The lowest BCUT2D eigenvalue weighted by atomic mass is 10.0. The van der Waals surface area contributed by atoms with Crippen LogP contribution in [0.4, 0.5) is 5.82 Å². The number of anilines is 1. The number of pyridine rings is 1. The normalized spacial score (nSPS) is 10.8. The molecule has 0 aliphatic heterocycles. The average molecular weight is 230 g/mol. The third kappa shape index (κ3) is 2.02. The molecule has 0 saturated carbocycles. The van der Waals surface area contributed by atoms with Crippen molar-refractivity contribution in [3.8, 4) is 11.1 Å². The third-order valence-corrected chi connectivity index (χ3v) is 2.98. The molecule has 17 heavy (non-hydrogen) atoms. The molecule has 0 radical (unpaired) electrons. The number of nitrogen functional groups attached to an aromatic ring is 1. The van der Waals surface area contributed by atoms with E-state index in [1.807, 2.05) is 30.1 Å². The topological polar surface area (TPSA) is 56.7 Å². The van der Waals surface area contributed by atoms with Crippen molar-refractivity contribution in [2.45, 2.75) is 26.7 Å². The third-order valence-electron chi connectivity index (χ3n) is 2.98. The molecule has 0 aliphatic carbocycles. The van der Waals surface area contributed by atoms with Crippen molar-refractivity contribution >= 4 is 5.82 Å². The molecule has 0 fully saturated rings. The second-order valence-electron chi connectivity index (χ2n) is 4.07. The monoisotopic (exact) mass is 230 g/mol. The van der Waals surface area contributed by atoms with Crippen molar-refractivity contribution in [3.05, 3.63) is 29.7 Å². The van der Waals surface area contributed by atoms with Gasteiger partial charge in [0.05, 0.1) is 5.69 Å². The molecule has 4 heteroatoms. The number of nitrogens with zero attached hydrogens (tertiary/aromatic N) is 3. The molecule has 2 heterocycles. The number of hydrogen-bond donors (Lipinski definition) is 1. The Morgan fingerprint density at radius 1 is 1.24 bits per heavy atom. The summed E-state index contributed by atoms with van der Waals surface area (Å²) in [5, 5.41) is 4.56. The summed E-state index contributed by atoms with van der Waals surface area (Å²) in [5.41, 5.74) is 10.3. The highest BCUT2D eigenvalue weighted by Crippen LogP contribution is 2.28. The van der Waals surface area contributed by atoms with E-state index in [1.165, 1.54) is 11.3 Å². The first kappa shape index (κ1) is 11.6. The van der Waals surface area contributed by atoms with E-state index in [0.717, 1.165) is 24.1 Å². The maximum absolute atomic E-state index is 5.62. The number of aryl methyl sites for hydroxylation is 2. The van der Waals surface area contributed by atoms with E-state index < -0.39 is 0 Å². The van der Waals surface area contributed by atoms with Crippen LogP contribution in [0, 0.1) is 0 Å². The van der Waals surface area contributed by atoms with Gasteiger partial charge in [0.15, 0.2) is 0 Å². The highest BCUT2D eigenvalue weighted by Gasteiger charge is 2.15. The van der Waals surface area contributed by atoms with Gasteiger partial charge in [-0.05, 0) is 25.0 Å². The molecule has 0 aliphatic rings. The molecule has 2 aromatic heterocycles. The number of hydrogen-bond acceptors (Lipinski definition) is 3. The van der Waals surface area contributed by atoms with Gasteiger partial charge in [-0.25, -0.2) is 4.98 Å². The standard InChI is InChI=1S/C13H18N4/c1-4-10-13(11(5-2)17(3)16-10)9-6-7-12(14)15-8-9/h6-8H,4-5H2,1-3H3,(H2,14,15). The predicted octanol–water partition coefficient (Wildman–Crippen LogP) is 2.19. The summed E-state index contributed by atoms with van der Waals surface area (Å²) < 4.78 is 1.96. The number of nitrogens with two attached hydrogens (primary N) is 1. The molecule has 2 rings (SSSR count). The Balaban J connectivity index is 2.60. The van der Waals surface area contributed by atoms with Crippen LogP contribution in [0.2, 0.25) is 0 Å². The Labute approximate surface area is 101 Å². The maximum atomic E-state index is 5.62. The first-order valence-corrected chi connectivity index (χ1v) is 5.94. The summed E-state index contributed by atoms with van der Waals surface area (Å²) in [6.07, 6.45) is 3.71. The molecule has 0 aromatic carbocycles. The first-order valence-electron chi connectivity index (χ1n) is 5.94. The molecule has 0 bridgehead atoms. The van der Waals surface area contributed by atoms with E-state index in [2.05, 4.69) is 23.9 Å². The molecule has 2 N–H and O–H groups in total. The van der Waals surface area contributed by atoms with E-state index >= 15 is 0 Å². The van der Waals surface area contributed by atoms with Gasteiger partial charge in [-0.2, -0.15) is 5.10 Å². The second kappa shape index (κ2) is 4.57. The summed E-state index contributed by atoms with van der Waals surface area (Å²) in [4.78, 5) is 4.16. The predicted molar refractivity (Wildman–Crippen MR) is 69.6 cm³/mol. The Bertz CT molecular complexity index is 511. The highest BCUT2D eigenvalue weighted by molar-refractivity contribution is 5.69. The lowest BCUT2D eigenvalue weighted by molar-refractivity contribution is 0.705. The Hall–Kier alpha value is -1.84. The summed E-state index contributed by atoms with van der Waals surface area (Å²) >= 11 is 0. The molecule has 2 aromatic rings. The Kier molecular flexibility index (Phi) is 3.13. The minimum absolute atomic E-state index is 0.550. The fraction of sp³-hybridized carbons (Fsp3) is 0.385. The molecule has 4 nitrogen and oxygen atoms in total. The van der Waals surface area contributed by atoms with Crippen molar-refractivity contribution in [1.29, 1.82) is 0 Å². The molecule has 0 saturated heterocycles. The minimum atomic E-state index is 0.550. The van der Waals surface area contributed by atoms with Crippen molar-refractivity contribution < 1.29 is 0 Å². The van der Waals surface area contributed by atoms with Crippen LogP contribution >= 0.6 is 0 Å².